The van der Waals surface area contributed by atoms with Gasteiger partial charge in [0.05, 0.1) is 11.9 Å². The second-order valence-electron chi connectivity index (χ2n) is 5.60. The van der Waals surface area contributed by atoms with Crippen LogP contribution in [0.5, 0.6) is 0 Å². The number of carbonyl (C=O) groups is 1. The van der Waals surface area contributed by atoms with Crippen molar-refractivity contribution in [2.24, 2.45) is 17.6 Å². The number of amides is 1. The molecule has 1 fully saturated rings. The molecule has 1 aromatic rings. The molecule has 21 heavy (non-hydrogen) atoms. The van der Waals surface area contributed by atoms with Crippen LogP contribution in [-0.4, -0.2) is 30.5 Å². The van der Waals surface area contributed by atoms with Gasteiger partial charge in [0, 0.05) is 19.0 Å². The Morgan fingerprint density at radius 1 is 1.38 bits per heavy atom. The van der Waals surface area contributed by atoms with E-state index in [-0.39, 0.29) is 11.8 Å². The van der Waals surface area contributed by atoms with E-state index in [0.717, 1.165) is 43.9 Å². The summed E-state index contributed by atoms with van der Waals surface area (Å²) in [6, 6.07) is 3.88. The number of hydrogen-bond acceptors (Lipinski definition) is 4. The average molecular weight is 290 g/mol. The van der Waals surface area contributed by atoms with Gasteiger partial charge in [0.2, 0.25) is 5.91 Å². The maximum absolute atomic E-state index is 12.3. The average Bonchev–Trinajstić information content (AvgIpc) is 2.99. The molecule has 116 valence electrons. The first-order chi connectivity index (χ1) is 10.2. The number of carbonyl (C=O) groups excluding carboxylic acids is 1. The van der Waals surface area contributed by atoms with Crippen molar-refractivity contribution in [3.8, 4) is 0 Å². The number of nitrogens with two attached hydrogens (primary N) is 1. The van der Waals surface area contributed by atoms with Gasteiger partial charge in [-0.25, -0.2) is 4.98 Å². The standard InChI is InChI=1S/C16H26N4O/c1-3-20(4-2)15-9-8-13(11-18-15)19-16(21)14-7-5-6-12(14)10-17/h8-9,11-12,14H,3-7,10,17H2,1-2H3,(H,19,21). The SMILES string of the molecule is CCN(CC)c1ccc(NC(=O)C2CCCC2CN)cn1. The van der Waals surface area contributed by atoms with Gasteiger partial charge in [0.1, 0.15) is 5.82 Å². The van der Waals surface area contributed by atoms with Crippen molar-refractivity contribution in [2.75, 3.05) is 29.9 Å². The molecule has 2 unspecified atom stereocenters. The van der Waals surface area contributed by atoms with Crippen LogP contribution in [0.1, 0.15) is 33.1 Å². The monoisotopic (exact) mass is 290 g/mol. The Morgan fingerprint density at radius 2 is 2.14 bits per heavy atom. The predicted octanol–water partition coefficient (Wildman–Crippen LogP) is 2.24. The Balaban J connectivity index is 1.98. The number of hydrogen-bond donors (Lipinski definition) is 2. The van der Waals surface area contributed by atoms with E-state index in [9.17, 15) is 4.79 Å². The Bertz CT molecular complexity index is 456. The fourth-order valence-corrected chi connectivity index (χ4v) is 3.09. The highest BCUT2D eigenvalue weighted by atomic mass is 16.1. The summed E-state index contributed by atoms with van der Waals surface area (Å²) in [6.45, 7) is 6.66. The third-order valence-electron chi connectivity index (χ3n) is 4.40. The van der Waals surface area contributed by atoms with Crippen LogP contribution >= 0.6 is 0 Å². The number of rotatable bonds is 6. The van der Waals surface area contributed by atoms with Crippen molar-refractivity contribution in [3.05, 3.63) is 18.3 Å². The van der Waals surface area contributed by atoms with Gasteiger partial charge in [0.25, 0.3) is 0 Å². The van der Waals surface area contributed by atoms with E-state index in [1.54, 1.807) is 6.20 Å². The van der Waals surface area contributed by atoms with Crippen molar-refractivity contribution in [2.45, 2.75) is 33.1 Å². The van der Waals surface area contributed by atoms with E-state index in [1.807, 2.05) is 12.1 Å². The summed E-state index contributed by atoms with van der Waals surface area (Å²) in [7, 11) is 0. The van der Waals surface area contributed by atoms with Gasteiger partial charge in [-0.3, -0.25) is 4.79 Å². The topological polar surface area (TPSA) is 71.2 Å². The molecule has 3 N–H and O–H groups in total. The van der Waals surface area contributed by atoms with Crippen LogP contribution in [0.2, 0.25) is 0 Å². The smallest absolute Gasteiger partial charge is 0.227 e. The second kappa shape index (κ2) is 7.41. The van der Waals surface area contributed by atoms with E-state index in [2.05, 4.69) is 29.0 Å². The zero-order valence-corrected chi connectivity index (χ0v) is 13.0. The molecule has 1 heterocycles. The third-order valence-corrected chi connectivity index (χ3v) is 4.40. The van der Waals surface area contributed by atoms with Crippen LogP contribution < -0.4 is 16.0 Å². The molecule has 2 atom stereocenters. The van der Waals surface area contributed by atoms with Crippen molar-refractivity contribution < 1.29 is 4.79 Å². The van der Waals surface area contributed by atoms with Crippen LogP contribution in [0.15, 0.2) is 18.3 Å². The number of nitrogens with zero attached hydrogens (tertiary/aromatic N) is 2. The van der Waals surface area contributed by atoms with Gasteiger partial charge in [0.15, 0.2) is 0 Å². The highest BCUT2D eigenvalue weighted by molar-refractivity contribution is 5.92. The third kappa shape index (κ3) is 3.73. The van der Waals surface area contributed by atoms with Gasteiger partial charge in [-0.15, -0.1) is 0 Å². The maximum atomic E-state index is 12.3. The second-order valence-corrected chi connectivity index (χ2v) is 5.60. The van der Waals surface area contributed by atoms with Crippen LogP contribution in [0.4, 0.5) is 11.5 Å². The summed E-state index contributed by atoms with van der Waals surface area (Å²) in [5.41, 5.74) is 6.50. The van der Waals surface area contributed by atoms with Crippen molar-refractivity contribution >= 4 is 17.4 Å². The quantitative estimate of drug-likeness (QED) is 0.843. The molecule has 1 aliphatic carbocycles. The molecule has 0 spiro atoms. The molecule has 1 saturated carbocycles. The molecule has 5 nitrogen and oxygen atoms in total. The molecule has 0 aromatic carbocycles. The first kappa shape index (κ1) is 15.8. The van der Waals surface area contributed by atoms with Crippen LogP contribution in [0, 0.1) is 11.8 Å². The molecule has 0 bridgehead atoms. The Labute approximate surface area is 126 Å². The molecular weight excluding hydrogens is 264 g/mol. The molecule has 0 saturated heterocycles. The molecule has 0 aliphatic heterocycles. The van der Waals surface area contributed by atoms with Gasteiger partial charge in [-0.2, -0.15) is 0 Å². The highest BCUT2D eigenvalue weighted by Gasteiger charge is 2.31. The fourth-order valence-electron chi connectivity index (χ4n) is 3.09. The minimum absolute atomic E-state index is 0.0532. The van der Waals surface area contributed by atoms with Gasteiger partial charge in [-0.1, -0.05) is 6.42 Å². The van der Waals surface area contributed by atoms with E-state index >= 15 is 0 Å². The fraction of sp³-hybridized carbons (Fsp3) is 0.625. The minimum atomic E-state index is 0.0532. The van der Waals surface area contributed by atoms with Crippen molar-refractivity contribution in [1.82, 2.24) is 4.98 Å². The number of nitrogens with one attached hydrogen (secondary N) is 1. The Kier molecular flexibility index (Phi) is 5.56. The van der Waals surface area contributed by atoms with Gasteiger partial charge >= 0.3 is 0 Å². The van der Waals surface area contributed by atoms with Gasteiger partial charge < -0.3 is 16.0 Å². The molecule has 1 amide bonds. The normalized spacial score (nSPS) is 21.3. The lowest BCUT2D eigenvalue weighted by atomic mass is 9.95. The summed E-state index contributed by atoms with van der Waals surface area (Å²) in [5, 5.41) is 2.97. The molecule has 1 aromatic heterocycles. The lowest BCUT2D eigenvalue weighted by molar-refractivity contribution is -0.120. The van der Waals surface area contributed by atoms with Crippen molar-refractivity contribution in [3.63, 3.8) is 0 Å². The summed E-state index contributed by atoms with van der Waals surface area (Å²) < 4.78 is 0. The number of aromatic nitrogens is 1. The predicted molar refractivity (Wildman–Crippen MR) is 86.3 cm³/mol. The molecular formula is C16H26N4O. The van der Waals surface area contributed by atoms with E-state index in [1.165, 1.54) is 0 Å². The largest absolute Gasteiger partial charge is 0.357 e. The zero-order valence-electron chi connectivity index (χ0n) is 13.0. The van der Waals surface area contributed by atoms with E-state index < -0.39 is 0 Å². The zero-order chi connectivity index (χ0) is 15.2. The van der Waals surface area contributed by atoms with E-state index in [4.69, 9.17) is 5.73 Å². The lowest BCUT2D eigenvalue weighted by Gasteiger charge is -2.20. The van der Waals surface area contributed by atoms with Crippen LogP contribution in [-0.2, 0) is 4.79 Å². The Hall–Kier alpha value is -1.62. The molecule has 1 aliphatic rings. The molecule has 5 heteroatoms. The molecule has 2 rings (SSSR count). The van der Waals surface area contributed by atoms with Crippen molar-refractivity contribution in [1.29, 1.82) is 0 Å². The first-order valence-electron chi connectivity index (χ1n) is 7.91. The Morgan fingerprint density at radius 3 is 2.71 bits per heavy atom. The van der Waals surface area contributed by atoms with Crippen LogP contribution in [0.3, 0.4) is 0 Å². The summed E-state index contributed by atoms with van der Waals surface area (Å²) >= 11 is 0. The number of pyridine rings is 1. The summed E-state index contributed by atoms with van der Waals surface area (Å²) in [6.07, 6.45) is 4.84. The van der Waals surface area contributed by atoms with Gasteiger partial charge in [-0.05, 0) is 51.3 Å². The van der Waals surface area contributed by atoms with Crippen LogP contribution in [0.25, 0.3) is 0 Å². The molecule has 0 radical (unpaired) electrons. The highest BCUT2D eigenvalue weighted by Crippen LogP contribution is 2.31. The van der Waals surface area contributed by atoms with E-state index in [0.29, 0.717) is 12.5 Å². The first-order valence-corrected chi connectivity index (χ1v) is 7.91. The maximum Gasteiger partial charge on any atom is 0.227 e. The minimum Gasteiger partial charge on any atom is -0.357 e. The summed E-state index contributed by atoms with van der Waals surface area (Å²) in [5.74, 6) is 1.41. The number of anilines is 2. The lowest BCUT2D eigenvalue weighted by Crippen LogP contribution is -2.29. The summed E-state index contributed by atoms with van der Waals surface area (Å²) in [4.78, 5) is 18.9.